The van der Waals surface area contributed by atoms with E-state index in [9.17, 15) is 0 Å². The molecule has 1 aromatic rings. The Morgan fingerprint density at radius 3 is 2.68 bits per heavy atom. The van der Waals surface area contributed by atoms with Gasteiger partial charge in [-0.3, -0.25) is 0 Å². The normalized spacial score (nSPS) is 23.4. The highest BCUT2D eigenvalue weighted by molar-refractivity contribution is 5.13. The zero-order valence-corrected chi connectivity index (χ0v) is 12.1. The fraction of sp³-hybridized carbons (Fsp3) is 0.625. The van der Waals surface area contributed by atoms with E-state index in [-0.39, 0.29) is 6.10 Å². The molecule has 0 N–H and O–H groups in total. The first kappa shape index (κ1) is 14.5. The minimum atomic E-state index is -0.427. The molecule has 0 aromatic heterocycles. The Morgan fingerprint density at radius 1 is 1.32 bits per heavy atom. The molecule has 1 aromatic carbocycles. The lowest BCUT2D eigenvalue weighted by Gasteiger charge is -2.21. The lowest BCUT2D eigenvalue weighted by atomic mass is 10.0. The van der Waals surface area contributed by atoms with Gasteiger partial charge < -0.3 is 14.2 Å². The third-order valence-corrected chi connectivity index (χ3v) is 3.49. The van der Waals surface area contributed by atoms with Crippen LogP contribution in [0, 0.1) is 5.92 Å². The zero-order valence-electron chi connectivity index (χ0n) is 12.1. The molecule has 0 radical (unpaired) electrons. The maximum absolute atomic E-state index is 5.85. The van der Waals surface area contributed by atoms with Crippen molar-refractivity contribution in [1.29, 1.82) is 0 Å². The highest BCUT2D eigenvalue weighted by Gasteiger charge is 2.35. The van der Waals surface area contributed by atoms with Crippen molar-refractivity contribution in [3.63, 3.8) is 0 Å². The number of hydrogen-bond donors (Lipinski definition) is 0. The summed E-state index contributed by atoms with van der Waals surface area (Å²) in [6, 6.07) is 10.3. The first-order valence-electron chi connectivity index (χ1n) is 7.00. The number of benzene rings is 1. The van der Waals surface area contributed by atoms with Crippen LogP contribution in [0.1, 0.15) is 32.8 Å². The molecular weight excluding hydrogens is 240 g/mol. The second kappa shape index (κ2) is 6.51. The summed E-state index contributed by atoms with van der Waals surface area (Å²) in [6.45, 7) is 8.25. The molecule has 106 valence electrons. The van der Waals surface area contributed by atoms with Crippen LogP contribution < -0.4 is 0 Å². The number of hydrogen-bond acceptors (Lipinski definition) is 3. The smallest absolute Gasteiger partial charge is 0.163 e. The quantitative estimate of drug-likeness (QED) is 0.737. The summed E-state index contributed by atoms with van der Waals surface area (Å²) in [5.74, 6) is 0.0293. The molecule has 2 rings (SSSR count). The maximum Gasteiger partial charge on any atom is 0.163 e. The molecule has 2 atom stereocenters. The molecule has 0 unspecified atom stereocenters. The van der Waals surface area contributed by atoms with Crippen molar-refractivity contribution < 1.29 is 14.2 Å². The van der Waals surface area contributed by atoms with Crippen LogP contribution in [0.25, 0.3) is 0 Å². The van der Waals surface area contributed by atoms with Crippen LogP contribution in [0.3, 0.4) is 0 Å². The Labute approximate surface area is 115 Å². The molecule has 0 bridgehead atoms. The Kier molecular flexibility index (Phi) is 4.97. The molecule has 0 aliphatic carbocycles. The van der Waals surface area contributed by atoms with Crippen molar-refractivity contribution in [3.05, 3.63) is 35.9 Å². The van der Waals surface area contributed by atoms with Gasteiger partial charge in [-0.1, -0.05) is 37.3 Å². The Morgan fingerprint density at radius 2 is 2.05 bits per heavy atom. The van der Waals surface area contributed by atoms with Crippen LogP contribution >= 0.6 is 0 Å². The summed E-state index contributed by atoms with van der Waals surface area (Å²) in [6.07, 6.45) is 1.19. The van der Waals surface area contributed by atoms with Crippen molar-refractivity contribution in [2.24, 2.45) is 5.92 Å². The summed E-state index contributed by atoms with van der Waals surface area (Å²) < 4.78 is 17.1. The lowest BCUT2D eigenvalue weighted by molar-refractivity contribution is -0.144. The van der Waals surface area contributed by atoms with Gasteiger partial charge in [0.05, 0.1) is 19.3 Å². The van der Waals surface area contributed by atoms with Crippen LogP contribution in [-0.2, 0) is 20.8 Å². The van der Waals surface area contributed by atoms with E-state index in [1.54, 1.807) is 0 Å². The van der Waals surface area contributed by atoms with Gasteiger partial charge in [-0.15, -0.1) is 0 Å². The molecule has 1 aliphatic rings. The van der Waals surface area contributed by atoms with Crippen LogP contribution in [0.15, 0.2) is 30.3 Å². The molecule has 1 heterocycles. The van der Waals surface area contributed by atoms with Gasteiger partial charge in [-0.2, -0.15) is 0 Å². The minimum Gasteiger partial charge on any atom is -0.377 e. The number of rotatable bonds is 6. The first-order chi connectivity index (χ1) is 9.07. The van der Waals surface area contributed by atoms with Gasteiger partial charge in [0.2, 0.25) is 0 Å². The Hall–Kier alpha value is -0.900. The van der Waals surface area contributed by atoms with E-state index < -0.39 is 5.79 Å². The van der Waals surface area contributed by atoms with Crippen LogP contribution in [0.2, 0.25) is 0 Å². The van der Waals surface area contributed by atoms with Crippen molar-refractivity contribution >= 4 is 0 Å². The molecule has 0 amide bonds. The van der Waals surface area contributed by atoms with Crippen LogP contribution in [0.5, 0.6) is 0 Å². The van der Waals surface area contributed by atoms with Gasteiger partial charge in [-0.25, -0.2) is 0 Å². The molecule has 0 saturated carbocycles. The number of ether oxygens (including phenoxy) is 3. The third-order valence-electron chi connectivity index (χ3n) is 3.49. The van der Waals surface area contributed by atoms with E-state index in [4.69, 9.17) is 14.2 Å². The molecule has 3 heteroatoms. The molecule has 1 aliphatic heterocycles. The van der Waals surface area contributed by atoms with E-state index in [2.05, 4.69) is 19.1 Å². The van der Waals surface area contributed by atoms with E-state index >= 15 is 0 Å². The standard InChI is InChI=1S/C16H24O3/c1-13(15-12-18-16(2,3)19-15)9-10-17-11-14-7-5-4-6-8-14/h4-8,13,15H,9-12H2,1-3H3/t13-,15-/m0/s1. The summed E-state index contributed by atoms with van der Waals surface area (Å²) in [7, 11) is 0. The largest absolute Gasteiger partial charge is 0.377 e. The van der Waals surface area contributed by atoms with Crippen molar-refractivity contribution in [1.82, 2.24) is 0 Å². The maximum atomic E-state index is 5.85. The lowest BCUT2D eigenvalue weighted by Crippen LogP contribution is -2.26. The second-order valence-corrected chi connectivity index (χ2v) is 5.67. The second-order valence-electron chi connectivity index (χ2n) is 5.67. The van der Waals surface area contributed by atoms with Gasteiger partial charge in [0.1, 0.15) is 0 Å². The topological polar surface area (TPSA) is 27.7 Å². The molecule has 1 fully saturated rings. The average molecular weight is 264 g/mol. The van der Waals surface area contributed by atoms with Crippen LogP contribution in [0.4, 0.5) is 0 Å². The first-order valence-corrected chi connectivity index (χ1v) is 7.00. The monoisotopic (exact) mass is 264 g/mol. The zero-order chi connectivity index (χ0) is 13.7. The third kappa shape index (κ3) is 4.60. The highest BCUT2D eigenvalue weighted by atomic mass is 16.7. The predicted molar refractivity (Wildman–Crippen MR) is 74.8 cm³/mol. The van der Waals surface area contributed by atoms with E-state index in [0.29, 0.717) is 19.1 Å². The Bertz CT molecular complexity index is 375. The molecular formula is C16H24O3. The van der Waals surface area contributed by atoms with Gasteiger partial charge in [0.25, 0.3) is 0 Å². The van der Waals surface area contributed by atoms with E-state index in [1.165, 1.54) is 5.56 Å². The van der Waals surface area contributed by atoms with Gasteiger partial charge >= 0.3 is 0 Å². The average Bonchev–Trinajstić information content (AvgIpc) is 2.76. The minimum absolute atomic E-state index is 0.190. The summed E-state index contributed by atoms with van der Waals surface area (Å²) in [5.41, 5.74) is 1.22. The van der Waals surface area contributed by atoms with Gasteiger partial charge in [-0.05, 0) is 31.7 Å². The summed E-state index contributed by atoms with van der Waals surface area (Å²) >= 11 is 0. The van der Waals surface area contributed by atoms with Crippen molar-refractivity contribution in [2.45, 2.75) is 45.7 Å². The SMILES string of the molecule is C[C@@H](CCOCc1ccccc1)[C@@H]1COC(C)(C)O1. The van der Waals surface area contributed by atoms with Crippen molar-refractivity contribution in [2.75, 3.05) is 13.2 Å². The summed E-state index contributed by atoms with van der Waals surface area (Å²) in [4.78, 5) is 0. The molecule has 3 nitrogen and oxygen atoms in total. The van der Waals surface area contributed by atoms with Gasteiger partial charge in [0.15, 0.2) is 5.79 Å². The molecule has 19 heavy (non-hydrogen) atoms. The molecule has 0 spiro atoms. The fourth-order valence-corrected chi connectivity index (χ4v) is 2.22. The van der Waals surface area contributed by atoms with Crippen molar-refractivity contribution in [3.8, 4) is 0 Å². The molecule has 1 saturated heterocycles. The van der Waals surface area contributed by atoms with Crippen LogP contribution in [-0.4, -0.2) is 25.1 Å². The van der Waals surface area contributed by atoms with Gasteiger partial charge in [0, 0.05) is 6.61 Å². The highest BCUT2D eigenvalue weighted by Crippen LogP contribution is 2.27. The summed E-state index contributed by atoms with van der Waals surface area (Å²) in [5, 5.41) is 0. The predicted octanol–water partition coefficient (Wildman–Crippen LogP) is 3.38. The van der Waals surface area contributed by atoms with E-state index in [1.807, 2.05) is 32.0 Å². The fourth-order valence-electron chi connectivity index (χ4n) is 2.22. The Balaban J connectivity index is 1.63. The van der Waals surface area contributed by atoms with E-state index in [0.717, 1.165) is 13.0 Å².